The van der Waals surface area contributed by atoms with E-state index in [1.54, 1.807) is 20.8 Å². The Balaban J connectivity index is 4.29. The van der Waals surface area contributed by atoms with E-state index < -0.39 is 24.3 Å². The second kappa shape index (κ2) is 4.34. The number of aliphatic carboxylic acids is 1. The highest BCUT2D eigenvalue weighted by Gasteiger charge is 2.07. The molecular formula is C8H17NO2. The summed E-state index contributed by atoms with van der Waals surface area (Å²) in [5, 5.41) is 9.51. The van der Waals surface area contributed by atoms with Crippen LogP contribution in [0.4, 0.5) is 0 Å². The molecule has 0 atom stereocenters. The van der Waals surface area contributed by atoms with Gasteiger partial charge in [-0.1, -0.05) is 0 Å². The molecule has 0 saturated carbocycles. The molecule has 0 radical (unpaired) electrons. The van der Waals surface area contributed by atoms with Crippen LogP contribution in [0.1, 0.15) is 36.3 Å². The predicted molar refractivity (Wildman–Crippen MR) is 44.6 cm³/mol. The normalized spacial score (nSPS) is 17.3. The fourth-order valence-electron chi connectivity index (χ4n) is 0.456. The van der Waals surface area contributed by atoms with Crippen LogP contribution in [0, 0.1) is 0 Å². The van der Waals surface area contributed by atoms with Crippen molar-refractivity contribution in [2.75, 3.05) is 6.54 Å². The Bertz CT molecular complexity index is 213. The minimum atomic E-state index is -1.86. The fourth-order valence-corrected chi connectivity index (χ4v) is 0.456. The van der Waals surface area contributed by atoms with E-state index in [0.29, 0.717) is 0 Å². The van der Waals surface area contributed by atoms with Crippen LogP contribution in [0.15, 0.2) is 0 Å². The Morgan fingerprint density at radius 2 is 2.27 bits per heavy atom. The average Bonchev–Trinajstić information content (AvgIpc) is 1.79. The van der Waals surface area contributed by atoms with Crippen LogP contribution < -0.4 is 5.31 Å². The molecule has 0 rings (SSSR count). The molecule has 2 N–H and O–H groups in total. The third kappa shape index (κ3) is 9.43. The van der Waals surface area contributed by atoms with Crippen molar-refractivity contribution in [2.24, 2.45) is 0 Å². The van der Waals surface area contributed by atoms with Gasteiger partial charge in [-0.25, -0.2) is 0 Å². The van der Waals surface area contributed by atoms with E-state index >= 15 is 0 Å². The Kier molecular flexibility index (Phi) is 2.37. The summed E-state index contributed by atoms with van der Waals surface area (Å²) in [6, 6.07) is 0. The molecule has 0 saturated heterocycles. The summed E-state index contributed by atoms with van der Waals surface area (Å²) in [5.74, 6) is -1.18. The standard InChI is InChI=1S/C8H17NO2/c1-8(2,3)9-6-4-5-7(10)11/h9H,4-6H2,1-3H3,(H,10,11)/i4D2/hD. The zero-order chi connectivity index (χ0) is 11.6. The first-order chi connectivity index (χ1) is 6.04. The molecule has 0 bridgehead atoms. The molecule has 0 aliphatic rings. The summed E-state index contributed by atoms with van der Waals surface area (Å²) in [6.07, 6.45) is -2.43. The first kappa shape index (κ1) is 6.00. The smallest absolute Gasteiger partial charge is 0.303 e. The average molecular weight is 162 g/mol. The van der Waals surface area contributed by atoms with Crippen molar-refractivity contribution >= 4 is 5.97 Å². The van der Waals surface area contributed by atoms with Crippen molar-refractivity contribution in [1.29, 1.82) is 0 Å². The molecular weight excluding hydrogens is 142 g/mol. The summed E-state index contributed by atoms with van der Waals surface area (Å²) in [6.45, 7) is 5.12. The van der Waals surface area contributed by atoms with E-state index in [-0.39, 0.29) is 6.54 Å². The van der Waals surface area contributed by atoms with Crippen molar-refractivity contribution in [3.8, 4) is 0 Å². The monoisotopic (exact) mass is 162 g/mol. The molecule has 0 aromatic carbocycles. The molecule has 0 aliphatic heterocycles. The maximum atomic E-state index is 10.3. The molecule has 0 heterocycles. The number of nitrogens with one attached hydrogen (secondary N) is 1. The van der Waals surface area contributed by atoms with E-state index in [0.717, 1.165) is 5.31 Å². The number of carboxylic acids is 1. The summed E-state index contributed by atoms with van der Waals surface area (Å²) in [4.78, 5) is 10.3. The lowest BCUT2D eigenvalue weighted by atomic mass is 10.1. The Morgan fingerprint density at radius 1 is 1.73 bits per heavy atom. The SMILES string of the molecule is [2H]N(CC([2H])([2H])CC(=O)O)C(C)(C)C. The van der Waals surface area contributed by atoms with Crippen LogP contribution in [-0.2, 0) is 4.79 Å². The van der Waals surface area contributed by atoms with Crippen molar-refractivity contribution in [3.05, 3.63) is 0 Å². The van der Waals surface area contributed by atoms with Gasteiger partial charge in [0.2, 0.25) is 0 Å². The minimum absolute atomic E-state index is 0.206. The molecule has 0 spiro atoms. The Hall–Kier alpha value is -0.570. The molecule has 0 fully saturated rings. The topological polar surface area (TPSA) is 49.3 Å². The summed E-state index contributed by atoms with van der Waals surface area (Å²) >= 11 is 0. The zero-order valence-corrected chi connectivity index (χ0v) is 7.22. The van der Waals surface area contributed by atoms with Gasteiger partial charge in [-0.15, -0.1) is 0 Å². The molecule has 0 unspecified atom stereocenters. The molecule has 0 aromatic rings. The molecule has 3 heteroatoms. The number of carboxylic acid groups (broad SMARTS) is 1. The van der Waals surface area contributed by atoms with Gasteiger partial charge in [0.1, 0.15) is 1.41 Å². The Morgan fingerprint density at radius 3 is 2.64 bits per heavy atom. The van der Waals surface area contributed by atoms with Crippen molar-refractivity contribution in [3.63, 3.8) is 0 Å². The first-order valence-corrected chi connectivity index (χ1v) is 3.53. The zero-order valence-electron chi connectivity index (χ0n) is 10.2. The van der Waals surface area contributed by atoms with Gasteiger partial charge in [0.15, 0.2) is 0 Å². The second-order valence-corrected chi connectivity index (χ2v) is 3.31. The first-order valence-electron chi connectivity index (χ1n) is 4.98. The largest absolute Gasteiger partial charge is 0.481 e. The van der Waals surface area contributed by atoms with E-state index in [9.17, 15) is 4.79 Å². The minimum Gasteiger partial charge on any atom is -0.481 e. The van der Waals surface area contributed by atoms with Crippen molar-refractivity contribution in [2.45, 2.75) is 39.1 Å². The van der Waals surface area contributed by atoms with Crippen LogP contribution in [0.5, 0.6) is 0 Å². The Labute approximate surface area is 72.1 Å². The van der Waals surface area contributed by atoms with Gasteiger partial charge in [0.25, 0.3) is 0 Å². The lowest BCUT2D eigenvalue weighted by Crippen LogP contribution is -2.36. The van der Waals surface area contributed by atoms with Gasteiger partial charge >= 0.3 is 5.97 Å². The van der Waals surface area contributed by atoms with Gasteiger partial charge in [0, 0.05) is 14.7 Å². The van der Waals surface area contributed by atoms with Crippen LogP contribution in [-0.4, -0.2) is 23.2 Å². The van der Waals surface area contributed by atoms with Crippen LogP contribution in [0.25, 0.3) is 0 Å². The third-order valence-electron chi connectivity index (χ3n) is 0.941. The van der Waals surface area contributed by atoms with E-state index in [1.807, 2.05) is 0 Å². The molecule has 0 aromatic heterocycles. The summed E-state index contributed by atoms with van der Waals surface area (Å²) in [7, 11) is 0. The number of hydrogen-bond donors (Lipinski definition) is 2. The van der Waals surface area contributed by atoms with E-state index in [2.05, 4.69) is 0 Å². The van der Waals surface area contributed by atoms with Gasteiger partial charge in [-0.3, -0.25) is 4.79 Å². The second-order valence-electron chi connectivity index (χ2n) is 3.31. The maximum Gasteiger partial charge on any atom is 0.303 e. The van der Waals surface area contributed by atoms with E-state index in [1.165, 1.54) is 0 Å². The van der Waals surface area contributed by atoms with Gasteiger partial charge in [-0.2, -0.15) is 0 Å². The fraction of sp³-hybridized carbons (Fsp3) is 0.875. The molecule has 0 aliphatic carbocycles. The lowest BCUT2D eigenvalue weighted by Gasteiger charge is -2.19. The summed E-state index contributed by atoms with van der Waals surface area (Å²) < 4.78 is 22.3. The number of hydrogen-bond acceptors (Lipinski definition) is 2. The van der Waals surface area contributed by atoms with Gasteiger partial charge in [0.05, 0.1) is 0 Å². The van der Waals surface area contributed by atoms with Gasteiger partial charge < -0.3 is 10.4 Å². The van der Waals surface area contributed by atoms with Gasteiger partial charge in [-0.05, 0) is 33.7 Å². The van der Waals surface area contributed by atoms with E-state index in [4.69, 9.17) is 9.26 Å². The summed E-state index contributed by atoms with van der Waals surface area (Å²) in [5.41, 5.74) is -0.480. The molecule has 66 valence electrons. The molecule has 11 heavy (non-hydrogen) atoms. The van der Waals surface area contributed by atoms with Crippen molar-refractivity contribution in [1.82, 2.24) is 5.31 Å². The lowest BCUT2D eigenvalue weighted by molar-refractivity contribution is -0.137. The maximum absolute atomic E-state index is 10.3. The third-order valence-corrected chi connectivity index (χ3v) is 0.941. The van der Waals surface area contributed by atoms with Crippen LogP contribution in [0.2, 0.25) is 1.41 Å². The number of carbonyl (C=O) groups is 1. The van der Waals surface area contributed by atoms with Crippen LogP contribution in [0.3, 0.4) is 0 Å². The highest BCUT2D eigenvalue weighted by atomic mass is 16.4. The highest BCUT2D eigenvalue weighted by Crippen LogP contribution is 1.98. The highest BCUT2D eigenvalue weighted by molar-refractivity contribution is 5.66. The van der Waals surface area contributed by atoms with Crippen LogP contribution >= 0.6 is 0 Å². The molecule has 3 nitrogen and oxygen atoms in total. The number of rotatable bonds is 4. The molecule has 0 amide bonds. The van der Waals surface area contributed by atoms with Crippen molar-refractivity contribution < 1.29 is 14.1 Å². The quantitative estimate of drug-likeness (QED) is 0.654. The predicted octanol–water partition coefficient (Wildman–Crippen LogP) is 1.24.